The number of nitrogens with one attached hydrogen (secondary N) is 1. The van der Waals surface area contributed by atoms with E-state index in [1.54, 1.807) is 6.07 Å². The van der Waals surface area contributed by atoms with Crippen LogP contribution in [-0.2, 0) is 0 Å². The van der Waals surface area contributed by atoms with Gasteiger partial charge in [0.05, 0.1) is 12.5 Å². The van der Waals surface area contributed by atoms with Crippen molar-refractivity contribution in [2.75, 3.05) is 11.9 Å². The van der Waals surface area contributed by atoms with E-state index in [0.717, 1.165) is 0 Å². The molecule has 1 aliphatic heterocycles. The van der Waals surface area contributed by atoms with Crippen LogP contribution in [0.2, 0.25) is 0 Å². The molecule has 16 heavy (non-hydrogen) atoms. The minimum Gasteiger partial charge on any atom is -0.395 e. The van der Waals surface area contributed by atoms with Gasteiger partial charge in [-0.05, 0) is 12.1 Å². The van der Waals surface area contributed by atoms with E-state index >= 15 is 0 Å². The summed E-state index contributed by atoms with van der Waals surface area (Å²) in [6.07, 6.45) is -3.25. The highest BCUT2D eigenvalue weighted by Gasteiger charge is 2.43. The van der Waals surface area contributed by atoms with E-state index in [2.05, 4.69) is 14.8 Å². The molecule has 2 rings (SSSR count). The Bertz CT molecular complexity index is 443. The molecule has 0 fully saturated rings. The second-order valence-corrected chi connectivity index (χ2v) is 3.16. The van der Waals surface area contributed by atoms with Gasteiger partial charge in [-0.25, -0.2) is 0 Å². The average molecular weight is 226 g/mol. The van der Waals surface area contributed by atoms with Gasteiger partial charge in [-0.2, -0.15) is 5.26 Å². The Labute approximate surface area is 90.4 Å². The predicted molar refractivity (Wildman–Crippen MR) is 51.4 cm³/mol. The van der Waals surface area contributed by atoms with Gasteiger partial charge < -0.3 is 14.8 Å². The molecule has 0 saturated carbocycles. The maximum Gasteiger partial charge on any atom is 0.586 e. The van der Waals surface area contributed by atoms with Crippen LogP contribution in [0.1, 0.15) is 6.42 Å². The third-order valence-corrected chi connectivity index (χ3v) is 1.97. The van der Waals surface area contributed by atoms with Crippen molar-refractivity contribution in [3.63, 3.8) is 0 Å². The summed E-state index contributed by atoms with van der Waals surface area (Å²) in [7, 11) is 0. The van der Waals surface area contributed by atoms with E-state index in [1.165, 1.54) is 12.1 Å². The molecule has 1 heterocycles. The van der Waals surface area contributed by atoms with Crippen molar-refractivity contribution in [3.8, 4) is 17.6 Å². The zero-order valence-electron chi connectivity index (χ0n) is 8.17. The zero-order chi connectivity index (χ0) is 11.6. The van der Waals surface area contributed by atoms with E-state index in [1.807, 2.05) is 6.07 Å². The van der Waals surface area contributed by atoms with Crippen molar-refractivity contribution in [1.82, 2.24) is 0 Å². The summed E-state index contributed by atoms with van der Waals surface area (Å²) in [5.41, 5.74) is 0.607. The topological polar surface area (TPSA) is 54.3 Å². The molecule has 0 atom stereocenters. The third-order valence-electron chi connectivity index (χ3n) is 1.97. The van der Waals surface area contributed by atoms with Crippen molar-refractivity contribution in [1.29, 1.82) is 5.26 Å². The lowest BCUT2D eigenvalue weighted by Crippen LogP contribution is -2.25. The Hall–Kier alpha value is -2.03. The Morgan fingerprint density at radius 1 is 1.31 bits per heavy atom. The number of hydrogen-bond donors (Lipinski definition) is 1. The normalized spacial score (nSPS) is 15.6. The summed E-state index contributed by atoms with van der Waals surface area (Å²) in [5.74, 6) is 0.00258. The van der Waals surface area contributed by atoms with E-state index < -0.39 is 6.29 Å². The van der Waals surface area contributed by atoms with Crippen LogP contribution in [0.25, 0.3) is 0 Å². The standard InChI is InChI=1S/C10H8F2N2O2/c11-10(12)15-8-3-2-7(6-9(8)16-10)14-5-1-4-13/h2-3,6,14H,1,5H2. The molecule has 0 spiro atoms. The number of nitriles is 1. The van der Waals surface area contributed by atoms with Gasteiger partial charge in [0, 0.05) is 18.3 Å². The number of alkyl halides is 2. The molecule has 4 nitrogen and oxygen atoms in total. The lowest BCUT2D eigenvalue weighted by Gasteiger charge is -2.04. The van der Waals surface area contributed by atoms with E-state index in [4.69, 9.17) is 5.26 Å². The molecule has 0 unspecified atom stereocenters. The first-order valence-corrected chi connectivity index (χ1v) is 4.61. The van der Waals surface area contributed by atoms with E-state index in [9.17, 15) is 8.78 Å². The highest BCUT2D eigenvalue weighted by molar-refractivity contribution is 5.55. The van der Waals surface area contributed by atoms with Gasteiger partial charge >= 0.3 is 6.29 Å². The van der Waals surface area contributed by atoms with Crippen molar-refractivity contribution in [2.45, 2.75) is 12.7 Å². The molecule has 1 N–H and O–H groups in total. The summed E-state index contributed by atoms with van der Waals surface area (Å²) < 4.78 is 33.9. The van der Waals surface area contributed by atoms with Crippen LogP contribution in [0.15, 0.2) is 18.2 Å². The number of hydrogen-bond acceptors (Lipinski definition) is 4. The van der Waals surface area contributed by atoms with Gasteiger partial charge in [-0.3, -0.25) is 0 Å². The van der Waals surface area contributed by atoms with Gasteiger partial charge in [0.1, 0.15) is 0 Å². The maximum absolute atomic E-state index is 12.7. The summed E-state index contributed by atoms with van der Waals surface area (Å²) in [6.45, 7) is 0.451. The number of benzene rings is 1. The largest absolute Gasteiger partial charge is 0.586 e. The van der Waals surface area contributed by atoms with E-state index in [0.29, 0.717) is 18.7 Å². The van der Waals surface area contributed by atoms with Crippen LogP contribution in [0.4, 0.5) is 14.5 Å². The molecule has 84 valence electrons. The molecular formula is C10H8F2N2O2. The number of nitrogens with zero attached hydrogens (tertiary/aromatic N) is 1. The second kappa shape index (κ2) is 3.85. The van der Waals surface area contributed by atoms with Crippen LogP contribution in [0.3, 0.4) is 0 Å². The molecule has 0 bridgehead atoms. The van der Waals surface area contributed by atoms with Crippen molar-refractivity contribution in [3.05, 3.63) is 18.2 Å². The smallest absolute Gasteiger partial charge is 0.395 e. The molecular weight excluding hydrogens is 218 g/mol. The summed E-state index contributed by atoms with van der Waals surface area (Å²) in [5, 5.41) is 11.2. The number of rotatable bonds is 3. The van der Waals surface area contributed by atoms with Gasteiger partial charge in [0.15, 0.2) is 11.5 Å². The first kappa shape index (κ1) is 10.5. The summed E-state index contributed by atoms with van der Waals surface area (Å²) in [6, 6.07) is 6.35. The third kappa shape index (κ3) is 2.14. The Kier molecular flexibility index (Phi) is 2.52. The lowest BCUT2D eigenvalue weighted by molar-refractivity contribution is -0.286. The number of ether oxygens (including phenoxy) is 2. The molecule has 1 aliphatic rings. The maximum atomic E-state index is 12.7. The zero-order valence-corrected chi connectivity index (χ0v) is 8.17. The molecule has 1 aromatic rings. The molecule has 0 radical (unpaired) electrons. The lowest BCUT2D eigenvalue weighted by atomic mass is 10.2. The van der Waals surface area contributed by atoms with Crippen LogP contribution < -0.4 is 14.8 Å². The molecule has 1 aromatic carbocycles. The van der Waals surface area contributed by atoms with Crippen LogP contribution in [-0.4, -0.2) is 12.8 Å². The highest BCUT2D eigenvalue weighted by Crippen LogP contribution is 2.42. The fourth-order valence-corrected chi connectivity index (χ4v) is 1.32. The van der Waals surface area contributed by atoms with Crippen molar-refractivity contribution in [2.24, 2.45) is 0 Å². The highest BCUT2D eigenvalue weighted by atomic mass is 19.3. The Morgan fingerprint density at radius 3 is 2.81 bits per heavy atom. The summed E-state index contributed by atoms with van der Waals surface area (Å²) >= 11 is 0. The number of fused-ring (bicyclic) bond motifs is 1. The number of halogens is 2. The molecule has 0 amide bonds. The molecule has 0 aliphatic carbocycles. The minimum atomic E-state index is -3.59. The van der Waals surface area contributed by atoms with Gasteiger partial charge in [-0.1, -0.05) is 0 Å². The van der Waals surface area contributed by atoms with Crippen LogP contribution in [0.5, 0.6) is 11.5 Å². The average Bonchev–Trinajstić information content (AvgIpc) is 2.51. The van der Waals surface area contributed by atoms with E-state index in [-0.39, 0.29) is 11.5 Å². The molecule has 0 aromatic heterocycles. The fraction of sp³-hybridized carbons (Fsp3) is 0.300. The first-order valence-electron chi connectivity index (χ1n) is 4.61. The van der Waals surface area contributed by atoms with Crippen molar-refractivity contribution >= 4 is 5.69 Å². The Balaban J connectivity index is 2.08. The van der Waals surface area contributed by atoms with Crippen molar-refractivity contribution < 1.29 is 18.3 Å². The second-order valence-electron chi connectivity index (χ2n) is 3.16. The van der Waals surface area contributed by atoms with Gasteiger partial charge in [-0.15, -0.1) is 8.78 Å². The predicted octanol–water partition coefficient (Wildman–Crippen LogP) is 2.33. The van der Waals surface area contributed by atoms with Crippen LogP contribution in [0, 0.1) is 11.3 Å². The van der Waals surface area contributed by atoms with Gasteiger partial charge in [0.2, 0.25) is 0 Å². The van der Waals surface area contributed by atoms with Crippen LogP contribution >= 0.6 is 0 Å². The minimum absolute atomic E-state index is 0.00745. The SMILES string of the molecule is N#CCCNc1ccc2c(c1)OC(F)(F)O2. The quantitative estimate of drug-likeness (QED) is 0.803. The summed E-state index contributed by atoms with van der Waals surface area (Å²) in [4.78, 5) is 0. The Morgan fingerprint density at radius 2 is 2.06 bits per heavy atom. The monoisotopic (exact) mass is 226 g/mol. The molecule has 6 heteroatoms. The number of anilines is 1. The first-order chi connectivity index (χ1) is 7.61. The van der Waals surface area contributed by atoms with Gasteiger partial charge in [0.25, 0.3) is 0 Å². The fourth-order valence-electron chi connectivity index (χ4n) is 1.32. The molecule has 0 saturated heterocycles.